The van der Waals surface area contributed by atoms with Crippen LogP contribution < -0.4 is 5.32 Å². The Bertz CT molecular complexity index is 655. The molecule has 1 aliphatic rings. The van der Waals surface area contributed by atoms with E-state index in [9.17, 15) is 4.79 Å². The van der Waals surface area contributed by atoms with Gasteiger partial charge >= 0.3 is 0 Å². The van der Waals surface area contributed by atoms with Crippen LogP contribution in [0.5, 0.6) is 0 Å². The van der Waals surface area contributed by atoms with Crippen LogP contribution in [-0.2, 0) is 11.2 Å². The molecule has 3 rings (SSSR count). The topological polar surface area (TPSA) is 57.8 Å². The molecule has 2 N–H and O–H groups in total. The second kappa shape index (κ2) is 5.35. The molecule has 4 heteroatoms. The molecule has 21 heavy (non-hydrogen) atoms. The molecule has 1 aromatic carbocycles. The number of benzene rings is 1. The zero-order valence-electron chi connectivity index (χ0n) is 12.7. The Morgan fingerprint density at radius 2 is 2.00 bits per heavy atom. The predicted molar refractivity (Wildman–Crippen MR) is 83.4 cm³/mol. The van der Waals surface area contributed by atoms with Crippen LogP contribution in [-0.4, -0.2) is 16.1 Å². The molecule has 0 bridgehead atoms. The highest BCUT2D eigenvalue weighted by Crippen LogP contribution is 2.37. The SMILES string of the molecule is Cc1[nH]nc2c1C(c1ccc(CC(C)C)cc1)CC(=O)N2. The molecule has 1 aromatic heterocycles. The van der Waals surface area contributed by atoms with E-state index in [2.05, 4.69) is 53.6 Å². The molecule has 0 radical (unpaired) electrons. The number of nitrogens with one attached hydrogen (secondary N) is 2. The third kappa shape index (κ3) is 2.71. The number of H-pyrrole nitrogens is 1. The van der Waals surface area contributed by atoms with Crippen molar-refractivity contribution in [3.8, 4) is 0 Å². The molecule has 1 amide bonds. The van der Waals surface area contributed by atoms with E-state index in [0.29, 0.717) is 18.2 Å². The van der Waals surface area contributed by atoms with E-state index in [1.807, 2.05) is 6.92 Å². The van der Waals surface area contributed by atoms with Crippen molar-refractivity contribution in [2.45, 2.75) is 39.5 Å². The van der Waals surface area contributed by atoms with Crippen molar-refractivity contribution in [2.75, 3.05) is 5.32 Å². The Morgan fingerprint density at radius 1 is 1.29 bits per heavy atom. The van der Waals surface area contributed by atoms with E-state index < -0.39 is 0 Å². The van der Waals surface area contributed by atoms with Crippen LogP contribution in [0.3, 0.4) is 0 Å². The number of carbonyl (C=O) groups is 1. The Labute approximate surface area is 125 Å². The van der Waals surface area contributed by atoms with Gasteiger partial charge in [0.25, 0.3) is 0 Å². The fourth-order valence-electron chi connectivity index (χ4n) is 3.07. The van der Waals surface area contributed by atoms with Gasteiger partial charge in [-0.15, -0.1) is 0 Å². The maximum atomic E-state index is 11.9. The standard InChI is InChI=1S/C17H21N3O/c1-10(2)8-12-4-6-13(7-5-12)14-9-15(21)18-17-16(14)11(3)19-20-17/h4-7,10,14H,8-9H2,1-3H3,(H2,18,19,20,21). The number of aromatic nitrogens is 2. The lowest BCUT2D eigenvalue weighted by Gasteiger charge is -2.23. The minimum Gasteiger partial charge on any atom is -0.309 e. The molecule has 2 heterocycles. The van der Waals surface area contributed by atoms with Crippen LogP contribution in [0.25, 0.3) is 0 Å². The number of hydrogen-bond acceptors (Lipinski definition) is 2. The highest BCUT2D eigenvalue weighted by atomic mass is 16.1. The van der Waals surface area contributed by atoms with Gasteiger partial charge in [-0.25, -0.2) is 0 Å². The molecule has 0 saturated carbocycles. The van der Waals surface area contributed by atoms with Gasteiger partial charge in [0, 0.05) is 23.6 Å². The maximum Gasteiger partial charge on any atom is 0.226 e. The number of nitrogens with zero attached hydrogens (tertiary/aromatic N) is 1. The highest BCUT2D eigenvalue weighted by Gasteiger charge is 2.30. The molecule has 1 atom stereocenters. The molecule has 1 aliphatic heterocycles. The van der Waals surface area contributed by atoms with Crippen molar-refractivity contribution < 1.29 is 4.79 Å². The summed E-state index contributed by atoms with van der Waals surface area (Å²) in [7, 11) is 0. The van der Waals surface area contributed by atoms with Gasteiger partial charge in [0.2, 0.25) is 5.91 Å². The molecule has 0 fully saturated rings. The van der Waals surface area contributed by atoms with E-state index in [0.717, 1.165) is 17.7 Å². The first kappa shape index (κ1) is 13.9. The summed E-state index contributed by atoms with van der Waals surface area (Å²) >= 11 is 0. The molecule has 4 nitrogen and oxygen atoms in total. The average Bonchev–Trinajstić information content (AvgIpc) is 2.79. The number of aryl methyl sites for hydroxylation is 1. The van der Waals surface area contributed by atoms with Gasteiger partial charge in [-0.3, -0.25) is 9.89 Å². The summed E-state index contributed by atoms with van der Waals surface area (Å²) in [6.45, 7) is 6.45. The summed E-state index contributed by atoms with van der Waals surface area (Å²) in [5.74, 6) is 1.46. The van der Waals surface area contributed by atoms with Gasteiger partial charge < -0.3 is 5.32 Å². The molecule has 0 aliphatic carbocycles. The summed E-state index contributed by atoms with van der Waals surface area (Å²) in [5, 5.41) is 9.99. The van der Waals surface area contributed by atoms with E-state index in [4.69, 9.17) is 0 Å². The molecule has 1 unspecified atom stereocenters. The van der Waals surface area contributed by atoms with Gasteiger partial charge in [0.1, 0.15) is 0 Å². The van der Waals surface area contributed by atoms with Crippen LogP contribution in [0.4, 0.5) is 5.82 Å². The molecule has 2 aromatic rings. The maximum absolute atomic E-state index is 11.9. The second-order valence-electron chi connectivity index (χ2n) is 6.26. The molecular weight excluding hydrogens is 262 g/mol. The first-order valence-electron chi connectivity index (χ1n) is 7.48. The van der Waals surface area contributed by atoms with Crippen molar-refractivity contribution in [1.82, 2.24) is 10.2 Å². The summed E-state index contributed by atoms with van der Waals surface area (Å²) < 4.78 is 0. The van der Waals surface area contributed by atoms with E-state index in [-0.39, 0.29) is 11.8 Å². The van der Waals surface area contributed by atoms with E-state index >= 15 is 0 Å². The second-order valence-corrected chi connectivity index (χ2v) is 6.26. The average molecular weight is 283 g/mol. The van der Waals surface area contributed by atoms with Crippen molar-refractivity contribution in [3.05, 3.63) is 46.6 Å². The van der Waals surface area contributed by atoms with Gasteiger partial charge in [-0.2, -0.15) is 5.10 Å². The summed E-state index contributed by atoms with van der Waals surface area (Å²) in [5.41, 5.74) is 4.67. The smallest absolute Gasteiger partial charge is 0.226 e. The fourth-order valence-corrected chi connectivity index (χ4v) is 3.07. The van der Waals surface area contributed by atoms with Gasteiger partial charge in [-0.1, -0.05) is 38.1 Å². The number of aromatic amines is 1. The van der Waals surface area contributed by atoms with Crippen molar-refractivity contribution in [2.24, 2.45) is 5.92 Å². The van der Waals surface area contributed by atoms with Crippen LogP contribution >= 0.6 is 0 Å². The monoisotopic (exact) mass is 283 g/mol. The molecular formula is C17H21N3O. The van der Waals surface area contributed by atoms with Gasteiger partial charge in [0.15, 0.2) is 5.82 Å². The van der Waals surface area contributed by atoms with Crippen LogP contribution in [0.15, 0.2) is 24.3 Å². The third-order valence-corrected chi connectivity index (χ3v) is 4.02. The van der Waals surface area contributed by atoms with Crippen molar-refractivity contribution in [1.29, 1.82) is 0 Å². The molecule has 0 saturated heterocycles. The summed E-state index contributed by atoms with van der Waals surface area (Å²) in [6.07, 6.45) is 1.57. The van der Waals surface area contributed by atoms with Gasteiger partial charge in [-0.05, 0) is 30.4 Å². The molecule has 0 spiro atoms. The number of fused-ring (bicyclic) bond motifs is 1. The minimum absolute atomic E-state index is 0.0326. The van der Waals surface area contributed by atoms with E-state index in [1.54, 1.807) is 0 Å². The lowest BCUT2D eigenvalue weighted by Crippen LogP contribution is -2.23. The van der Waals surface area contributed by atoms with Crippen molar-refractivity contribution in [3.63, 3.8) is 0 Å². The quantitative estimate of drug-likeness (QED) is 0.907. The van der Waals surface area contributed by atoms with Crippen LogP contribution in [0, 0.1) is 12.8 Å². The Hall–Kier alpha value is -2.10. The number of anilines is 1. The number of hydrogen-bond donors (Lipinski definition) is 2. The number of rotatable bonds is 3. The van der Waals surface area contributed by atoms with Gasteiger partial charge in [0.05, 0.1) is 0 Å². The first-order valence-corrected chi connectivity index (χ1v) is 7.48. The summed E-state index contributed by atoms with van der Waals surface area (Å²) in [6, 6.07) is 8.66. The Balaban J connectivity index is 1.93. The van der Waals surface area contributed by atoms with Crippen molar-refractivity contribution >= 4 is 11.7 Å². The fraction of sp³-hybridized carbons (Fsp3) is 0.412. The molecule has 110 valence electrons. The first-order chi connectivity index (χ1) is 10.0. The number of amides is 1. The third-order valence-electron chi connectivity index (χ3n) is 4.02. The van der Waals surface area contributed by atoms with Crippen LogP contribution in [0.1, 0.15) is 48.6 Å². The number of carbonyl (C=O) groups excluding carboxylic acids is 1. The normalized spacial score (nSPS) is 17.7. The van der Waals surface area contributed by atoms with E-state index in [1.165, 1.54) is 11.1 Å². The Kier molecular flexibility index (Phi) is 3.53. The lowest BCUT2D eigenvalue weighted by molar-refractivity contribution is -0.116. The summed E-state index contributed by atoms with van der Waals surface area (Å²) in [4.78, 5) is 11.9. The van der Waals surface area contributed by atoms with Crippen LogP contribution in [0.2, 0.25) is 0 Å². The zero-order chi connectivity index (χ0) is 15.0. The largest absolute Gasteiger partial charge is 0.309 e. The zero-order valence-corrected chi connectivity index (χ0v) is 12.7. The lowest BCUT2D eigenvalue weighted by atomic mass is 9.85. The Morgan fingerprint density at radius 3 is 2.67 bits per heavy atom. The highest BCUT2D eigenvalue weighted by molar-refractivity contribution is 5.94. The minimum atomic E-state index is 0.0326. The predicted octanol–water partition coefficient (Wildman–Crippen LogP) is 3.39.